The summed E-state index contributed by atoms with van der Waals surface area (Å²) in [6.07, 6.45) is 4.78. The van der Waals surface area contributed by atoms with Crippen molar-refractivity contribution < 1.29 is 0 Å². The highest BCUT2D eigenvalue weighted by atomic mass is 32.2. The Balaban J connectivity index is 1.53. The molecule has 5 rings (SSSR count). The zero-order valence-electron chi connectivity index (χ0n) is 15.7. The van der Waals surface area contributed by atoms with Crippen molar-refractivity contribution in [3.05, 3.63) is 57.2 Å². The van der Waals surface area contributed by atoms with Crippen molar-refractivity contribution in [2.45, 2.75) is 43.4 Å². The topological polar surface area (TPSA) is 71.5 Å². The third-order valence-electron chi connectivity index (χ3n) is 5.36. The average molecular weight is 409 g/mol. The van der Waals surface area contributed by atoms with Crippen LogP contribution in [0.4, 0.5) is 0 Å². The number of thiophene rings is 1. The Morgan fingerprint density at radius 1 is 1.29 bits per heavy atom. The zero-order valence-corrected chi connectivity index (χ0v) is 17.4. The summed E-state index contributed by atoms with van der Waals surface area (Å²) >= 11 is 3.29. The van der Waals surface area contributed by atoms with Gasteiger partial charge in [0.05, 0.1) is 16.2 Å². The molecule has 0 bridgehead atoms. The predicted octanol–water partition coefficient (Wildman–Crippen LogP) is 4.91. The van der Waals surface area contributed by atoms with Crippen LogP contribution in [0.3, 0.4) is 0 Å². The van der Waals surface area contributed by atoms with Crippen LogP contribution in [0, 0.1) is 5.92 Å². The number of nitrogens with zero attached hydrogens (tertiary/aromatic N) is 3. The minimum absolute atomic E-state index is 0.00736. The van der Waals surface area contributed by atoms with Gasteiger partial charge in [-0.25, -0.2) is 15.0 Å². The number of fused-ring (bicyclic) bond motifs is 4. The maximum absolute atomic E-state index is 12.9. The van der Waals surface area contributed by atoms with Gasteiger partial charge in [0.25, 0.3) is 5.56 Å². The van der Waals surface area contributed by atoms with E-state index in [2.05, 4.69) is 28.8 Å². The first-order valence-corrected chi connectivity index (χ1v) is 11.2. The van der Waals surface area contributed by atoms with Gasteiger partial charge in [-0.1, -0.05) is 36.9 Å². The number of aryl methyl sites for hydroxylation is 1. The van der Waals surface area contributed by atoms with Crippen LogP contribution in [-0.4, -0.2) is 19.9 Å². The first-order valence-electron chi connectivity index (χ1n) is 9.51. The van der Waals surface area contributed by atoms with E-state index in [1.165, 1.54) is 10.4 Å². The number of thioether (sulfide) groups is 1. The summed E-state index contributed by atoms with van der Waals surface area (Å²) in [6.45, 7) is 4.34. The monoisotopic (exact) mass is 408 g/mol. The number of aromatic amines is 1. The van der Waals surface area contributed by atoms with Gasteiger partial charge in [-0.2, -0.15) is 0 Å². The SMILES string of the molecule is C[C@H]1CCc2c(sc3nc([C@@H](C)Sc4ncnc5ccccc45)[nH]c(=O)c23)C1. The molecule has 4 aromatic rings. The maximum Gasteiger partial charge on any atom is 0.259 e. The molecule has 0 radical (unpaired) electrons. The zero-order chi connectivity index (χ0) is 19.3. The predicted molar refractivity (Wildman–Crippen MR) is 115 cm³/mol. The minimum atomic E-state index is -0.0199. The highest BCUT2D eigenvalue weighted by Crippen LogP contribution is 2.38. The third-order valence-corrected chi connectivity index (χ3v) is 7.64. The lowest BCUT2D eigenvalue weighted by Gasteiger charge is -2.17. The van der Waals surface area contributed by atoms with Crippen LogP contribution in [0.15, 0.2) is 40.4 Å². The lowest BCUT2D eigenvalue weighted by molar-refractivity contribution is 0.509. The molecule has 7 heteroatoms. The van der Waals surface area contributed by atoms with Crippen LogP contribution >= 0.6 is 23.1 Å². The van der Waals surface area contributed by atoms with Gasteiger partial charge in [-0.3, -0.25) is 4.79 Å². The molecule has 0 aliphatic heterocycles. The number of H-pyrrole nitrogens is 1. The van der Waals surface area contributed by atoms with Crippen molar-refractivity contribution in [2.24, 2.45) is 5.92 Å². The fourth-order valence-electron chi connectivity index (χ4n) is 3.86. The molecule has 0 fully saturated rings. The van der Waals surface area contributed by atoms with Crippen LogP contribution in [-0.2, 0) is 12.8 Å². The van der Waals surface area contributed by atoms with Crippen molar-refractivity contribution in [3.8, 4) is 0 Å². The Hall–Kier alpha value is -2.25. The molecule has 28 heavy (non-hydrogen) atoms. The van der Waals surface area contributed by atoms with Crippen LogP contribution in [0.25, 0.3) is 21.1 Å². The van der Waals surface area contributed by atoms with Gasteiger partial charge >= 0.3 is 0 Å². The number of hydrogen-bond donors (Lipinski definition) is 1. The standard InChI is InChI=1S/C21H20N4OS2/c1-11-7-8-14-16(9-11)28-21-17(14)19(26)24-18(25-21)12(2)27-20-13-5-3-4-6-15(13)22-10-23-20/h3-6,10-12H,7-9H2,1-2H3,(H,24,25,26)/t11-,12+/m0/s1. The molecule has 0 amide bonds. The molecule has 1 aromatic carbocycles. The lowest BCUT2D eigenvalue weighted by Crippen LogP contribution is -2.15. The largest absolute Gasteiger partial charge is 0.309 e. The van der Waals surface area contributed by atoms with Gasteiger partial charge in [0, 0.05) is 10.3 Å². The minimum Gasteiger partial charge on any atom is -0.309 e. The van der Waals surface area contributed by atoms with Crippen LogP contribution in [0.5, 0.6) is 0 Å². The second-order valence-electron chi connectivity index (χ2n) is 7.44. The number of aromatic nitrogens is 4. The molecule has 0 saturated carbocycles. The second-order valence-corrected chi connectivity index (χ2v) is 9.85. The van der Waals surface area contributed by atoms with Crippen molar-refractivity contribution in [2.75, 3.05) is 0 Å². The Morgan fingerprint density at radius 2 is 2.14 bits per heavy atom. The van der Waals surface area contributed by atoms with Crippen LogP contribution < -0.4 is 5.56 Å². The Kier molecular flexibility index (Phi) is 4.44. The number of hydrogen-bond acceptors (Lipinski definition) is 6. The maximum atomic E-state index is 12.9. The van der Waals surface area contributed by atoms with E-state index in [1.54, 1.807) is 29.4 Å². The second kappa shape index (κ2) is 6.97. The van der Waals surface area contributed by atoms with Crippen molar-refractivity contribution in [3.63, 3.8) is 0 Å². The summed E-state index contributed by atoms with van der Waals surface area (Å²) in [7, 11) is 0. The van der Waals surface area contributed by atoms with Crippen molar-refractivity contribution in [1.29, 1.82) is 0 Å². The molecule has 1 aliphatic rings. The van der Waals surface area contributed by atoms with Gasteiger partial charge in [-0.05, 0) is 43.7 Å². The number of benzene rings is 1. The van der Waals surface area contributed by atoms with Gasteiger partial charge in [0.15, 0.2) is 0 Å². The average Bonchev–Trinajstić information content (AvgIpc) is 3.06. The molecule has 5 nitrogen and oxygen atoms in total. The van der Waals surface area contributed by atoms with E-state index < -0.39 is 0 Å². The molecule has 1 N–H and O–H groups in total. The molecular formula is C21H20N4OS2. The van der Waals surface area contributed by atoms with Gasteiger partial charge in [0.1, 0.15) is 22.0 Å². The van der Waals surface area contributed by atoms with E-state index in [0.717, 1.165) is 45.4 Å². The lowest BCUT2D eigenvalue weighted by atomic mass is 9.89. The van der Waals surface area contributed by atoms with E-state index >= 15 is 0 Å². The van der Waals surface area contributed by atoms with Crippen molar-refractivity contribution >= 4 is 44.2 Å². The van der Waals surface area contributed by atoms with E-state index in [9.17, 15) is 4.79 Å². The number of rotatable bonds is 3. The van der Waals surface area contributed by atoms with Crippen LogP contribution in [0.1, 0.15) is 41.8 Å². The summed E-state index contributed by atoms with van der Waals surface area (Å²) in [5.41, 5.74) is 2.14. The molecule has 0 unspecified atom stereocenters. The molecule has 142 valence electrons. The summed E-state index contributed by atoms with van der Waals surface area (Å²) in [5, 5.41) is 2.71. The van der Waals surface area contributed by atoms with Gasteiger partial charge < -0.3 is 4.98 Å². The molecule has 0 saturated heterocycles. The molecular weight excluding hydrogens is 388 g/mol. The molecule has 2 atom stereocenters. The van der Waals surface area contributed by atoms with Crippen LogP contribution in [0.2, 0.25) is 0 Å². The Labute approximate surface area is 170 Å². The third kappa shape index (κ3) is 3.02. The molecule has 3 aromatic heterocycles. The highest BCUT2D eigenvalue weighted by Gasteiger charge is 2.24. The first-order chi connectivity index (χ1) is 13.6. The molecule has 1 aliphatic carbocycles. The Bertz CT molecular complexity index is 1240. The summed E-state index contributed by atoms with van der Waals surface area (Å²) in [4.78, 5) is 31.7. The Morgan fingerprint density at radius 3 is 3.04 bits per heavy atom. The molecule has 0 spiro atoms. The fourth-order valence-corrected chi connectivity index (χ4v) is 6.21. The summed E-state index contributed by atoms with van der Waals surface area (Å²) in [5.74, 6) is 1.39. The molecule has 3 heterocycles. The fraction of sp³-hybridized carbons (Fsp3) is 0.333. The van der Waals surface area contributed by atoms with Crippen molar-refractivity contribution in [1.82, 2.24) is 19.9 Å². The smallest absolute Gasteiger partial charge is 0.259 e. The van der Waals surface area contributed by atoms with E-state index in [4.69, 9.17) is 4.98 Å². The highest BCUT2D eigenvalue weighted by molar-refractivity contribution is 7.99. The quantitative estimate of drug-likeness (QED) is 0.385. The first kappa shape index (κ1) is 17.8. The van der Waals surface area contributed by atoms with E-state index in [1.807, 2.05) is 24.3 Å². The summed E-state index contributed by atoms with van der Waals surface area (Å²) in [6, 6.07) is 7.97. The summed E-state index contributed by atoms with van der Waals surface area (Å²) < 4.78 is 0. The van der Waals surface area contributed by atoms with Gasteiger partial charge in [-0.15, -0.1) is 11.3 Å². The normalized spacial score (nSPS) is 17.7. The van der Waals surface area contributed by atoms with E-state index in [-0.39, 0.29) is 10.8 Å². The van der Waals surface area contributed by atoms with E-state index in [0.29, 0.717) is 11.7 Å². The number of nitrogens with one attached hydrogen (secondary N) is 1. The number of para-hydroxylation sites is 1. The van der Waals surface area contributed by atoms with Gasteiger partial charge in [0.2, 0.25) is 0 Å².